The van der Waals surface area contributed by atoms with E-state index in [0.717, 1.165) is 39.1 Å². The Balaban J connectivity index is 2.65. The van der Waals surface area contributed by atoms with Gasteiger partial charge in [0.25, 0.3) is 0 Å². The number of hydrogen-bond donors (Lipinski definition) is 3. The summed E-state index contributed by atoms with van der Waals surface area (Å²) in [6.45, 7) is 8.27. The summed E-state index contributed by atoms with van der Waals surface area (Å²) in [5.41, 5.74) is 5.30. The van der Waals surface area contributed by atoms with Gasteiger partial charge in [-0.2, -0.15) is 0 Å². The molecule has 0 heterocycles. The van der Waals surface area contributed by atoms with E-state index in [1.807, 2.05) is 0 Å². The number of rotatable bonds is 7. The molecule has 0 saturated carbocycles. The van der Waals surface area contributed by atoms with Gasteiger partial charge in [0.1, 0.15) is 0 Å². The van der Waals surface area contributed by atoms with E-state index < -0.39 is 0 Å². The fourth-order valence-electron chi connectivity index (χ4n) is 0.654. The summed E-state index contributed by atoms with van der Waals surface area (Å²) in [5, 5.41) is 6.37. The van der Waals surface area contributed by atoms with Crippen LogP contribution in [0.15, 0.2) is 0 Å². The molecule has 0 aromatic rings. The maximum atomic E-state index is 5.30. The molecule has 0 unspecified atom stereocenters. The second-order valence-corrected chi connectivity index (χ2v) is 2.14. The Morgan fingerprint density at radius 3 is 2.40 bits per heavy atom. The fourth-order valence-corrected chi connectivity index (χ4v) is 0.654. The molecule has 0 amide bonds. The Labute approximate surface area is 63.4 Å². The largest absolute Gasteiger partial charge is 0.330 e. The third-order valence-corrected chi connectivity index (χ3v) is 1.21. The van der Waals surface area contributed by atoms with Crippen LogP contribution in [-0.4, -0.2) is 32.7 Å². The van der Waals surface area contributed by atoms with Crippen LogP contribution in [-0.2, 0) is 0 Å². The van der Waals surface area contributed by atoms with Crippen molar-refractivity contribution in [2.24, 2.45) is 5.73 Å². The second-order valence-electron chi connectivity index (χ2n) is 2.14. The highest BCUT2D eigenvalue weighted by atomic mass is 14.9. The molecule has 4 N–H and O–H groups in total. The summed E-state index contributed by atoms with van der Waals surface area (Å²) in [4.78, 5) is 0. The Kier molecular flexibility index (Phi) is 8.77. The minimum atomic E-state index is 0.774. The first-order chi connectivity index (χ1) is 4.91. The first-order valence-electron chi connectivity index (χ1n) is 3.82. The predicted molar refractivity (Wildman–Crippen MR) is 44.8 cm³/mol. The molecule has 3 nitrogen and oxygen atoms in total. The van der Waals surface area contributed by atoms with Gasteiger partial charge in [0.15, 0.2) is 0 Å². The molecule has 0 aromatic carbocycles. The van der Waals surface area contributed by atoms with Crippen molar-refractivity contribution in [1.29, 1.82) is 0 Å². The lowest BCUT2D eigenvalue weighted by atomic mass is 10.4. The molecule has 0 fully saturated rings. The van der Waals surface area contributed by atoms with E-state index in [1.165, 1.54) is 0 Å². The summed E-state index contributed by atoms with van der Waals surface area (Å²) >= 11 is 0. The van der Waals surface area contributed by atoms with Gasteiger partial charge < -0.3 is 16.4 Å². The molecule has 0 rings (SSSR count). The minimum Gasteiger partial charge on any atom is -0.330 e. The molecule has 0 aromatic heterocycles. The molecular weight excluding hydrogens is 126 g/mol. The lowest BCUT2D eigenvalue weighted by molar-refractivity contribution is 0.617. The topological polar surface area (TPSA) is 50.1 Å². The molecule has 10 heavy (non-hydrogen) atoms. The van der Waals surface area contributed by atoms with Crippen LogP contribution in [0.5, 0.6) is 0 Å². The van der Waals surface area contributed by atoms with Gasteiger partial charge in [-0.05, 0) is 33.0 Å². The van der Waals surface area contributed by atoms with Gasteiger partial charge in [0, 0.05) is 13.1 Å². The minimum absolute atomic E-state index is 0.774. The summed E-state index contributed by atoms with van der Waals surface area (Å²) in [7, 11) is 0. The van der Waals surface area contributed by atoms with E-state index in [1.54, 1.807) is 0 Å². The van der Waals surface area contributed by atoms with Crippen LogP contribution in [0.25, 0.3) is 0 Å². The molecule has 0 aliphatic carbocycles. The maximum absolute atomic E-state index is 5.30. The molecule has 1 radical (unpaired) electrons. The SMILES string of the molecule is [CH2]CNCCNCCCN. The molecule has 0 aliphatic heterocycles. The summed E-state index contributed by atoms with van der Waals surface area (Å²) in [6.07, 6.45) is 1.06. The Morgan fingerprint density at radius 2 is 1.80 bits per heavy atom. The van der Waals surface area contributed by atoms with E-state index in [2.05, 4.69) is 17.6 Å². The van der Waals surface area contributed by atoms with E-state index in [-0.39, 0.29) is 0 Å². The van der Waals surface area contributed by atoms with E-state index in [0.29, 0.717) is 0 Å². The molecule has 0 aliphatic rings. The Hall–Kier alpha value is -0.120. The normalized spacial score (nSPS) is 10.2. The number of hydrogen-bond acceptors (Lipinski definition) is 3. The van der Waals surface area contributed by atoms with Crippen LogP contribution in [0.3, 0.4) is 0 Å². The zero-order valence-electron chi connectivity index (χ0n) is 6.53. The molecule has 0 spiro atoms. The quantitative estimate of drug-likeness (QED) is 0.416. The van der Waals surface area contributed by atoms with Gasteiger partial charge in [0.05, 0.1) is 0 Å². The van der Waals surface area contributed by atoms with Gasteiger partial charge in [-0.25, -0.2) is 0 Å². The highest BCUT2D eigenvalue weighted by Crippen LogP contribution is 1.67. The van der Waals surface area contributed by atoms with E-state index in [4.69, 9.17) is 5.73 Å². The van der Waals surface area contributed by atoms with Gasteiger partial charge in [-0.3, -0.25) is 0 Å². The standard InChI is InChI=1S/C7H18N3/c1-2-9-6-7-10-5-3-4-8/h9-10H,1-8H2. The highest BCUT2D eigenvalue weighted by Gasteiger charge is 1.84. The first kappa shape index (κ1) is 9.88. The fraction of sp³-hybridized carbons (Fsp3) is 0.857. The van der Waals surface area contributed by atoms with Crippen LogP contribution in [0.2, 0.25) is 0 Å². The summed E-state index contributed by atoms with van der Waals surface area (Å²) < 4.78 is 0. The van der Waals surface area contributed by atoms with E-state index >= 15 is 0 Å². The van der Waals surface area contributed by atoms with Crippen molar-refractivity contribution < 1.29 is 0 Å². The predicted octanol–water partition coefficient (Wildman–Crippen LogP) is -0.652. The Morgan fingerprint density at radius 1 is 1.10 bits per heavy atom. The van der Waals surface area contributed by atoms with Crippen molar-refractivity contribution in [2.75, 3.05) is 32.7 Å². The molecule has 0 bridgehead atoms. The smallest absolute Gasteiger partial charge is 0.00767 e. The number of nitrogens with one attached hydrogen (secondary N) is 2. The van der Waals surface area contributed by atoms with Crippen molar-refractivity contribution in [3.63, 3.8) is 0 Å². The summed E-state index contributed by atoms with van der Waals surface area (Å²) in [5.74, 6) is 0. The van der Waals surface area contributed by atoms with Crippen LogP contribution in [0.1, 0.15) is 6.42 Å². The molecule has 0 atom stereocenters. The number of nitrogens with two attached hydrogens (primary N) is 1. The third-order valence-electron chi connectivity index (χ3n) is 1.21. The van der Waals surface area contributed by atoms with Crippen LogP contribution in [0, 0.1) is 6.92 Å². The zero-order valence-corrected chi connectivity index (χ0v) is 6.53. The van der Waals surface area contributed by atoms with Gasteiger partial charge in [0.2, 0.25) is 0 Å². The maximum Gasteiger partial charge on any atom is 0.00767 e. The van der Waals surface area contributed by atoms with Crippen molar-refractivity contribution in [3.05, 3.63) is 6.92 Å². The molecular formula is C7H18N3. The first-order valence-corrected chi connectivity index (χ1v) is 3.82. The van der Waals surface area contributed by atoms with Crippen molar-refractivity contribution in [3.8, 4) is 0 Å². The third kappa shape index (κ3) is 7.88. The van der Waals surface area contributed by atoms with Crippen LogP contribution >= 0.6 is 0 Å². The van der Waals surface area contributed by atoms with Crippen molar-refractivity contribution >= 4 is 0 Å². The van der Waals surface area contributed by atoms with E-state index in [9.17, 15) is 0 Å². The molecule has 0 saturated heterocycles. The lowest BCUT2D eigenvalue weighted by Crippen LogP contribution is -2.28. The average molecular weight is 144 g/mol. The second kappa shape index (κ2) is 8.88. The Bertz CT molecular complexity index is 48.8. The van der Waals surface area contributed by atoms with Crippen molar-refractivity contribution in [1.82, 2.24) is 10.6 Å². The lowest BCUT2D eigenvalue weighted by Gasteiger charge is -2.02. The summed E-state index contributed by atoms with van der Waals surface area (Å²) in [6, 6.07) is 0. The van der Waals surface area contributed by atoms with Gasteiger partial charge in [-0.1, -0.05) is 0 Å². The highest BCUT2D eigenvalue weighted by molar-refractivity contribution is 4.52. The average Bonchev–Trinajstić information content (AvgIpc) is 1.97. The van der Waals surface area contributed by atoms with Gasteiger partial charge >= 0.3 is 0 Å². The van der Waals surface area contributed by atoms with Crippen molar-refractivity contribution in [2.45, 2.75) is 6.42 Å². The monoisotopic (exact) mass is 144 g/mol. The van der Waals surface area contributed by atoms with Crippen LogP contribution < -0.4 is 16.4 Å². The van der Waals surface area contributed by atoms with Crippen LogP contribution in [0.4, 0.5) is 0 Å². The molecule has 61 valence electrons. The zero-order chi connectivity index (χ0) is 7.66. The van der Waals surface area contributed by atoms with Gasteiger partial charge in [-0.15, -0.1) is 0 Å². The molecule has 3 heteroatoms.